The third-order valence-electron chi connectivity index (χ3n) is 5.47. The van der Waals surface area contributed by atoms with Crippen LogP contribution in [0.5, 0.6) is 0 Å². The summed E-state index contributed by atoms with van der Waals surface area (Å²) in [5, 5.41) is 11.7. The van der Waals surface area contributed by atoms with Crippen molar-refractivity contribution in [3.63, 3.8) is 0 Å². The first-order valence-corrected chi connectivity index (χ1v) is 9.85. The van der Waals surface area contributed by atoms with Crippen molar-refractivity contribution in [1.82, 2.24) is 9.97 Å². The van der Waals surface area contributed by atoms with E-state index in [9.17, 15) is 4.79 Å². The summed E-state index contributed by atoms with van der Waals surface area (Å²) in [6.45, 7) is 2.10. The Morgan fingerprint density at radius 3 is 3.07 bits per heavy atom. The van der Waals surface area contributed by atoms with Crippen LogP contribution < -0.4 is 16.1 Å². The van der Waals surface area contributed by atoms with Gasteiger partial charge in [0.15, 0.2) is 0 Å². The molecule has 1 aliphatic carbocycles. The van der Waals surface area contributed by atoms with Crippen molar-refractivity contribution in [2.75, 3.05) is 37.0 Å². The van der Waals surface area contributed by atoms with Crippen LogP contribution in [-0.4, -0.2) is 48.7 Å². The molecule has 0 bridgehead atoms. The fourth-order valence-electron chi connectivity index (χ4n) is 3.98. The highest BCUT2D eigenvalue weighted by Gasteiger charge is 2.32. The lowest BCUT2D eigenvalue weighted by Crippen LogP contribution is -2.38. The van der Waals surface area contributed by atoms with Gasteiger partial charge in [-0.1, -0.05) is 5.22 Å². The van der Waals surface area contributed by atoms with E-state index >= 15 is 0 Å². The average Bonchev–Trinajstić information content (AvgIpc) is 3.48. The van der Waals surface area contributed by atoms with Gasteiger partial charge in [-0.25, -0.2) is 4.98 Å². The molecule has 1 amide bonds. The number of aromatic amines is 1. The van der Waals surface area contributed by atoms with Crippen LogP contribution in [0, 0.1) is 0 Å². The van der Waals surface area contributed by atoms with Gasteiger partial charge in [-0.2, -0.15) is 5.11 Å². The average molecular weight is 385 g/mol. The molecular formula is C19H27N7O2. The minimum absolute atomic E-state index is 0.0704. The molecule has 1 saturated heterocycles. The van der Waals surface area contributed by atoms with Crippen LogP contribution in [0.4, 0.5) is 11.4 Å². The zero-order chi connectivity index (χ0) is 19.5. The SMILES string of the molecule is COCCC(=O)Nc1c[nH]c2ncc(C3CC3)c(N3CCC[C@@H](N=NN)C3)c12. The number of carbonyl (C=O) groups excluding carboxylic acids is 1. The molecule has 3 heterocycles. The Kier molecular flexibility index (Phi) is 5.43. The van der Waals surface area contributed by atoms with Crippen LogP contribution in [0.3, 0.4) is 0 Å². The second-order valence-electron chi connectivity index (χ2n) is 7.53. The maximum Gasteiger partial charge on any atom is 0.226 e. The Morgan fingerprint density at radius 1 is 1.46 bits per heavy atom. The van der Waals surface area contributed by atoms with Crippen LogP contribution in [0.2, 0.25) is 0 Å². The van der Waals surface area contributed by atoms with Crippen molar-refractivity contribution in [3.8, 4) is 0 Å². The van der Waals surface area contributed by atoms with Gasteiger partial charge >= 0.3 is 0 Å². The number of nitrogens with two attached hydrogens (primary N) is 1. The number of H-pyrrole nitrogens is 1. The lowest BCUT2D eigenvalue weighted by Gasteiger charge is -2.34. The van der Waals surface area contributed by atoms with Gasteiger partial charge in [0.25, 0.3) is 0 Å². The maximum atomic E-state index is 12.3. The molecule has 28 heavy (non-hydrogen) atoms. The minimum atomic E-state index is -0.0704. The number of fused-ring (bicyclic) bond motifs is 1. The third kappa shape index (κ3) is 3.80. The van der Waals surface area contributed by atoms with Crippen LogP contribution in [-0.2, 0) is 9.53 Å². The zero-order valence-electron chi connectivity index (χ0n) is 16.1. The topological polar surface area (TPSA) is 121 Å². The molecule has 0 spiro atoms. The number of anilines is 2. The van der Waals surface area contributed by atoms with Crippen LogP contribution in [0.15, 0.2) is 22.7 Å². The first-order chi connectivity index (χ1) is 13.7. The highest BCUT2D eigenvalue weighted by Crippen LogP contribution is 2.48. The van der Waals surface area contributed by atoms with Crippen LogP contribution in [0.1, 0.15) is 43.6 Å². The molecule has 1 aliphatic heterocycles. The summed E-state index contributed by atoms with van der Waals surface area (Å²) < 4.78 is 5.01. The minimum Gasteiger partial charge on any atom is -0.384 e. The summed E-state index contributed by atoms with van der Waals surface area (Å²) in [7, 11) is 1.59. The highest BCUT2D eigenvalue weighted by atomic mass is 16.5. The van der Waals surface area contributed by atoms with Crippen LogP contribution in [0.25, 0.3) is 11.0 Å². The molecule has 2 aromatic rings. The fourth-order valence-corrected chi connectivity index (χ4v) is 3.98. The molecule has 2 aromatic heterocycles. The Bertz CT molecular complexity index is 875. The van der Waals surface area contributed by atoms with Gasteiger partial charge in [0.05, 0.1) is 35.8 Å². The van der Waals surface area contributed by atoms with Gasteiger partial charge < -0.3 is 25.8 Å². The van der Waals surface area contributed by atoms with E-state index in [0.29, 0.717) is 18.9 Å². The Labute approximate surface area is 163 Å². The van der Waals surface area contributed by atoms with E-state index in [1.807, 2.05) is 12.4 Å². The molecule has 0 aromatic carbocycles. The van der Waals surface area contributed by atoms with Crippen molar-refractivity contribution in [3.05, 3.63) is 18.0 Å². The molecule has 4 N–H and O–H groups in total. The van der Waals surface area contributed by atoms with E-state index in [1.54, 1.807) is 7.11 Å². The molecule has 9 heteroatoms. The van der Waals surface area contributed by atoms with Crippen molar-refractivity contribution in [2.24, 2.45) is 16.2 Å². The second kappa shape index (κ2) is 8.14. The molecule has 1 saturated carbocycles. The van der Waals surface area contributed by atoms with E-state index in [0.717, 1.165) is 48.3 Å². The van der Waals surface area contributed by atoms with Gasteiger partial charge in [0.2, 0.25) is 5.91 Å². The number of nitrogens with zero attached hydrogens (tertiary/aromatic N) is 4. The van der Waals surface area contributed by atoms with E-state index in [2.05, 4.69) is 30.5 Å². The number of pyridine rings is 1. The number of amides is 1. The normalized spacial score (nSPS) is 20.2. The molecule has 0 radical (unpaired) electrons. The lowest BCUT2D eigenvalue weighted by atomic mass is 10.0. The van der Waals surface area contributed by atoms with Gasteiger partial charge in [0.1, 0.15) is 5.65 Å². The molecular weight excluding hydrogens is 358 g/mol. The monoisotopic (exact) mass is 385 g/mol. The van der Waals surface area contributed by atoms with Gasteiger partial charge in [-0.15, -0.1) is 0 Å². The summed E-state index contributed by atoms with van der Waals surface area (Å²) in [5.74, 6) is 5.76. The standard InChI is InChI=1S/C19H27N7O2/c1-28-8-6-16(27)23-15-10-22-19-17(15)18(14(9-21-19)12-4-5-12)26-7-2-3-13(11-26)24-25-20/h9-10,12-13H,2-8,11H2,1H3,(H2,20,24)(H,21,22)(H,23,27)/t13-/m1/s1. The van der Waals surface area contributed by atoms with Crippen LogP contribution >= 0.6 is 0 Å². The number of hydrogen-bond acceptors (Lipinski definition) is 6. The highest BCUT2D eigenvalue weighted by molar-refractivity contribution is 6.07. The Balaban J connectivity index is 1.73. The van der Waals surface area contributed by atoms with E-state index in [1.165, 1.54) is 18.4 Å². The number of nitrogens with one attached hydrogen (secondary N) is 2. The number of piperidine rings is 1. The van der Waals surface area contributed by atoms with E-state index in [-0.39, 0.29) is 11.9 Å². The largest absolute Gasteiger partial charge is 0.384 e. The third-order valence-corrected chi connectivity index (χ3v) is 5.47. The fraction of sp³-hybridized carbons (Fsp3) is 0.579. The number of rotatable bonds is 7. The van der Waals surface area contributed by atoms with Gasteiger partial charge in [-0.3, -0.25) is 4.79 Å². The molecule has 9 nitrogen and oxygen atoms in total. The first-order valence-electron chi connectivity index (χ1n) is 9.85. The summed E-state index contributed by atoms with van der Waals surface area (Å²) in [5.41, 5.74) is 3.96. The molecule has 2 aliphatic rings. The van der Waals surface area contributed by atoms with E-state index < -0.39 is 0 Å². The number of ether oxygens (including phenoxy) is 1. The number of carbonyl (C=O) groups is 1. The van der Waals surface area contributed by atoms with Gasteiger partial charge in [0, 0.05) is 32.6 Å². The number of methoxy groups -OCH3 is 1. The molecule has 1 atom stereocenters. The van der Waals surface area contributed by atoms with Crippen molar-refractivity contribution in [2.45, 2.75) is 44.1 Å². The summed E-state index contributed by atoms with van der Waals surface area (Å²) in [4.78, 5) is 22.5. The first kappa shape index (κ1) is 18.7. The quantitative estimate of drug-likeness (QED) is 0.384. The Morgan fingerprint density at radius 2 is 2.32 bits per heavy atom. The molecule has 0 unspecified atom stereocenters. The number of hydrogen-bond donors (Lipinski definition) is 3. The summed E-state index contributed by atoms with van der Waals surface area (Å²) in [6, 6.07) is 0.0905. The van der Waals surface area contributed by atoms with Crippen molar-refractivity contribution < 1.29 is 9.53 Å². The second-order valence-corrected chi connectivity index (χ2v) is 7.53. The Hall–Kier alpha value is -2.68. The predicted molar refractivity (Wildman–Crippen MR) is 107 cm³/mol. The summed E-state index contributed by atoms with van der Waals surface area (Å²) >= 11 is 0. The molecule has 2 fully saturated rings. The van der Waals surface area contributed by atoms with Crippen molar-refractivity contribution in [1.29, 1.82) is 0 Å². The predicted octanol–water partition coefficient (Wildman–Crippen LogP) is 2.71. The smallest absolute Gasteiger partial charge is 0.226 e. The maximum absolute atomic E-state index is 12.3. The molecule has 4 rings (SSSR count). The van der Waals surface area contributed by atoms with E-state index in [4.69, 9.17) is 10.6 Å². The van der Waals surface area contributed by atoms with Crippen molar-refractivity contribution >= 4 is 28.3 Å². The zero-order valence-corrected chi connectivity index (χ0v) is 16.1. The summed E-state index contributed by atoms with van der Waals surface area (Å²) in [6.07, 6.45) is 8.49. The van der Waals surface area contributed by atoms with Gasteiger partial charge in [-0.05, 0) is 37.2 Å². The lowest BCUT2D eigenvalue weighted by molar-refractivity contribution is -0.117. The number of aromatic nitrogens is 2. The molecule has 150 valence electrons.